The fraction of sp³-hybridized carbons (Fsp3) is 0.692. The van der Waals surface area contributed by atoms with Crippen LogP contribution >= 0.6 is 11.8 Å². The van der Waals surface area contributed by atoms with Gasteiger partial charge in [-0.25, -0.2) is 4.98 Å². The second-order valence-electron chi connectivity index (χ2n) is 4.73. The van der Waals surface area contributed by atoms with Crippen molar-refractivity contribution in [3.63, 3.8) is 0 Å². The highest BCUT2D eigenvalue weighted by molar-refractivity contribution is 7.99. The number of rotatable bonds is 4. The molecular weight excluding hydrogens is 248 g/mol. The number of nitrogens with zero attached hydrogens (tertiary/aromatic N) is 2. The van der Waals surface area contributed by atoms with Crippen LogP contribution in [0.5, 0.6) is 5.88 Å². The summed E-state index contributed by atoms with van der Waals surface area (Å²) in [4.78, 5) is 16.0. The van der Waals surface area contributed by atoms with Crippen molar-refractivity contribution >= 4 is 11.8 Å². The maximum absolute atomic E-state index is 12.0. The molecule has 1 aromatic rings. The zero-order valence-corrected chi connectivity index (χ0v) is 11.5. The molecule has 0 bridgehead atoms. The van der Waals surface area contributed by atoms with Crippen molar-refractivity contribution in [2.24, 2.45) is 0 Å². The van der Waals surface area contributed by atoms with Crippen molar-refractivity contribution in [3.05, 3.63) is 16.4 Å². The van der Waals surface area contributed by atoms with Gasteiger partial charge in [-0.05, 0) is 25.1 Å². The van der Waals surface area contributed by atoms with Gasteiger partial charge in [0.15, 0.2) is 5.16 Å². The molecule has 0 spiro atoms. The van der Waals surface area contributed by atoms with Gasteiger partial charge in [0.25, 0.3) is 5.56 Å². The molecular formula is C13H19N2O2S-. The van der Waals surface area contributed by atoms with Crippen molar-refractivity contribution in [2.75, 3.05) is 5.75 Å². The van der Waals surface area contributed by atoms with Crippen LogP contribution in [0.2, 0.25) is 0 Å². The summed E-state index contributed by atoms with van der Waals surface area (Å²) >= 11 is 1.52. The number of thioether (sulfide) groups is 1. The summed E-state index contributed by atoms with van der Waals surface area (Å²) in [6.45, 7) is 2.08. The van der Waals surface area contributed by atoms with Crippen LogP contribution in [0.4, 0.5) is 0 Å². The van der Waals surface area contributed by atoms with Gasteiger partial charge in [0.2, 0.25) is 0 Å². The highest BCUT2D eigenvalue weighted by Crippen LogP contribution is 2.30. The molecule has 2 rings (SSSR count). The van der Waals surface area contributed by atoms with Gasteiger partial charge in [0, 0.05) is 17.9 Å². The summed E-state index contributed by atoms with van der Waals surface area (Å²) in [6.07, 6.45) is 6.63. The van der Waals surface area contributed by atoms with Crippen LogP contribution in [0.15, 0.2) is 16.0 Å². The maximum atomic E-state index is 12.0. The Morgan fingerprint density at radius 2 is 2.17 bits per heavy atom. The molecule has 1 heterocycles. The lowest BCUT2D eigenvalue weighted by molar-refractivity contribution is -0.276. The third-order valence-corrected chi connectivity index (χ3v) is 4.43. The van der Waals surface area contributed by atoms with Crippen LogP contribution < -0.4 is 10.7 Å². The predicted molar refractivity (Wildman–Crippen MR) is 71.1 cm³/mol. The highest BCUT2D eigenvalue weighted by atomic mass is 32.2. The summed E-state index contributed by atoms with van der Waals surface area (Å²) in [5.41, 5.74) is -0.180. The van der Waals surface area contributed by atoms with Crippen LogP contribution in [0, 0.1) is 0 Å². The minimum Gasteiger partial charge on any atom is -0.858 e. The van der Waals surface area contributed by atoms with Gasteiger partial charge in [-0.2, -0.15) is 0 Å². The summed E-state index contributed by atoms with van der Waals surface area (Å²) in [7, 11) is 0. The molecule has 1 aliphatic rings. The van der Waals surface area contributed by atoms with Crippen molar-refractivity contribution < 1.29 is 5.11 Å². The van der Waals surface area contributed by atoms with Crippen LogP contribution in [0.1, 0.15) is 51.5 Å². The van der Waals surface area contributed by atoms with Crippen LogP contribution in [-0.4, -0.2) is 15.3 Å². The van der Waals surface area contributed by atoms with Crippen LogP contribution in [0.25, 0.3) is 0 Å². The largest absolute Gasteiger partial charge is 0.858 e. The lowest BCUT2D eigenvalue weighted by Gasteiger charge is -2.26. The van der Waals surface area contributed by atoms with Crippen LogP contribution in [0.3, 0.4) is 0 Å². The molecule has 100 valence electrons. The summed E-state index contributed by atoms with van der Waals surface area (Å²) < 4.78 is 1.75. The molecule has 0 aliphatic heterocycles. The normalized spacial score (nSPS) is 16.9. The van der Waals surface area contributed by atoms with E-state index >= 15 is 0 Å². The molecule has 1 saturated carbocycles. The van der Waals surface area contributed by atoms with E-state index in [0.717, 1.165) is 43.9 Å². The van der Waals surface area contributed by atoms with E-state index in [2.05, 4.69) is 11.9 Å². The van der Waals surface area contributed by atoms with Gasteiger partial charge in [-0.1, -0.05) is 37.9 Å². The van der Waals surface area contributed by atoms with E-state index in [9.17, 15) is 9.90 Å². The molecule has 0 atom stereocenters. The summed E-state index contributed by atoms with van der Waals surface area (Å²) in [5, 5.41) is 12.0. The van der Waals surface area contributed by atoms with E-state index in [1.54, 1.807) is 4.57 Å². The van der Waals surface area contributed by atoms with Gasteiger partial charge < -0.3 is 5.11 Å². The third-order valence-electron chi connectivity index (χ3n) is 3.27. The Kier molecular flexibility index (Phi) is 4.69. The molecule has 1 fully saturated rings. The fourth-order valence-corrected chi connectivity index (χ4v) is 3.34. The Bertz CT molecular complexity index is 453. The van der Waals surface area contributed by atoms with E-state index in [1.165, 1.54) is 18.2 Å². The van der Waals surface area contributed by atoms with E-state index in [-0.39, 0.29) is 11.6 Å². The van der Waals surface area contributed by atoms with Gasteiger partial charge >= 0.3 is 0 Å². The predicted octanol–water partition coefficient (Wildman–Crippen LogP) is 2.32. The molecule has 4 nitrogen and oxygen atoms in total. The summed E-state index contributed by atoms with van der Waals surface area (Å²) in [5.74, 6) is 0.480. The van der Waals surface area contributed by atoms with Crippen molar-refractivity contribution in [3.8, 4) is 5.88 Å². The van der Waals surface area contributed by atoms with Crippen molar-refractivity contribution in [2.45, 2.75) is 56.6 Å². The average Bonchev–Trinajstić information content (AvgIpc) is 2.36. The second kappa shape index (κ2) is 6.27. The Morgan fingerprint density at radius 1 is 1.44 bits per heavy atom. The molecule has 0 unspecified atom stereocenters. The molecule has 0 amide bonds. The number of hydrogen-bond donors (Lipinski definition) is 0. The Balaban J connectivity index is 2.33. The molecule has 0 N–H and O–H groups in total. The Labute approximate surface area is 111 Å². The number of hydrogen-bond acceptors (Lipinski definition) is 4. The minimum atomic E-state index is -0.411. The molecule has 1 aromatic heterocycles. The maximum Gasteiger partial charge on any atom is 0.253 e. The highest BCUT2D eigenvalue weighted by Gasteiger charge is 2.19. The quantitative estimate of drug-likeness (QED) is 0.620. The first-order chi connectivity index (χ1) is 8.72. The zero-order chi connectivity index (χ0) is 13.0. The number of aromatic nitrogens is 2. The molecule has 1 aliphatic carbocycles. The molecule has 0 aromatic carbocycles. The molecule has 18 heavy (non-hydrogen) atoms. The average molecular weight is 267 g/mol. The molecule has 5 heteroatoms. The fourth-order valence-electron chi connectivity index (χ4n) is 2.42. The topological polar surface area (TPSA) is 58.0 Å². The monoisotopic (exact) mass is 267 g/mol. The first-order valence-corrected chi connectivity index (χ1v) is 7.64. The first-order valence-electron chi connectivity index (χ1n) is 6.65. The lowest BCUT2D eigenvalue weighted by Crippen LogP contribution is -2.28. The smallest absolute Gasteiger partial charge is 0.253 e. The third kappa shape index (κ3) is 3.07. The Hall–Kier alpha value is -0.970. The van der Waals surface area contributed by atoms with E-state index in [4.69, 9.17) is 0 Å². The van der Waals surface area contributed by atoms with Gasteiger partial charge in [-0.3, -0.25) is 9.36 Å². The van der Waals surface area contributed by atoms with Gasteiger partial charge in [-0.15, -0.1) is 0 Å². The minimum absolute atomic E-state index is 0.180. The van der Waals surface area contributed by atoms with Crippen molar-refractivity contribution in [1.29, 1.82) is 0 Å². The van der Waals surface area contributed by atoms with E-state index in [0.29, 0.717) is 5.16 Å². The zero-order valence-electron chi connectivity index (χ0n) is 10.7. The standard InChI is InChI=1S/C13H20N2O2S/c1-2-8-18-13-14-11(16)9-12(17)15(13)10-6-4-3-5-7-10/h9-10,16H,2-8H2,1H3/p-1. The Morgan fingerprint density at radius 3 is 2.83 bits per heavy atom. The van der Waals surface area contributed by atoms with Gasteiger partial charge in [0.05, 0.1) is 0 Å². The molecule has 0 saturated heterocycles. The summed E-state index contributed by atoms with van der Waals surface area (Å²) in [6, 6.07) is 1.35. The second-order valence-corrected chi connectivity index (χ2v) is 5.79. The SMILES string of the molecule is CCCSc1nc([O-])cc(=O)n1C1CCCCC1. The van der Waals surface area contributed by atoms with E-state index < -0.39 is 5.88 Å². The van der Waals surface area contributed by atoms with E-state index in [1.807, 2.05) is 0 Å². The lowest BCUT2D eigenvalue weighted by atomic mass is 9.95. The van der Waals surface area contributed by atoms with Crippen LogP contribution in [-0.2, 0) is 0 Å². The molecule has 0 radical (unpaired) electrons. The first kappa shape index (κ1) is 13.5. The van der Waals surface area contributed by atoms with Crippen molar-refractivity contribution in [1.82, 2.24) is 9.55 Å². The van der Waals surface area contributed by atoms with Gasteiger partial charge in [0.1, 0.15) is 0 Å².